The molecule has 3 rings (SSSR count). The molecule has 2 aliphatic heterocycles. The van der Waals surface area contributed by atoms with Gasteiger partial charge in [0.05, 0.1) is 24.9 Å². The van der Waals surface area contributed by atoms with E-state index in [-0.39, 0.29) is 36.5 Å². The third kappa shape index (κ3) is 7.22. The van der Waals surface area contributed by atoms with Crippen molar-refractivity contribution in [2.24, 2.45) is 39.0 Å². The van der Waals surface area contributed by atoms with Crippen molar-refractivity contribution < 1.29 is 23.5 Å². The van der Waals surface area contributed by atoms with Crippen LogP contribution in [0.3, 0.4) is 0 Å². The first-order chi connectivity index (χ1) is 16.4. The Morgan fingerprint density at radius 3 is 2.38 bits per heavy atom. The van der Waals surface area contributed by atoms with Crippen LogP contribution in [0.25, 0.3) is 0 Å². The number of rotatable bonds is 8. The average Bonchev–Trinajstić information content (AvgIpc) is 2.84. The van der Waals surface area contributed by atoms with Gasteiger partial charge < -0.3 is 31.6 Å². The lowest BCUT2D eigenvalue weighted by molar-refractivity contribution is -0.118. The normalized spacial score (nSPS) is 20.3. The Hall–Kier alpha value is -3.05. The number of hydrogen-bond acceptors (Lipinski definition) is 7. The van der Waals surface area contributed by atoms with Gasteiger partial charge in [-0.05, 0) is 43.0 Å². The maximum Gasteiger partial charge on any atom is 0.410 e. The molecule has 2 saturated heterocycles. The van der Waals surface area contributed by atoms with Crippen LogP contribution in [0.15, 0.2) is 34.3 Å². The molecular formula is C23H33FN6O4. The van der Waals surface area contributed by atoms with Crippen LogP contribution in [0.2, 0.25) is 0 Å². The molecule has 0 aliphatic carbocycles. The molecule has 2 heterocycles. The fourth-order valence-electron chi connectivity index (χ4n) is 4.08. The van der Waals surface area contributed by atoms with Crippen LogP contribution in [0.4, 0.5) is 14.9 Å². The predicted molar refractivity (Wildman–Crippen MR) is 126 cm³/mol. The van der Waals surface area contributed by atoms with E-state index in [4.69, 9.17) is 26.7 Å². The Balaban J connectivity index is 1.56. The molecule has 0 aromatic heterocycles. The number of amidine groups is 1. The van der Waals surface area contributed by atoms with Gasteiger partial charge in [0, 0.05) is 38.7 Å². The van der Waals surface area contributed by atoms with E-state index in [2.05, 4.69) is 9.98 Å². The van der Waals surface area contributed by atoms with Crippen LogP contribution in [-0.4, -0.2) is 73.9 Å². The molecule has 6 N–H and O–H groups in total. The molecule has 1 aromatic rings. The van der Waals surface area contributed by atoms with E-state index >= 15 is 0 Å². The molecule has 2 amide bonds. The highest BCUT2D eigenvalue weighted by Crippen LogP contribution is 2.24. The topological polar surface area (TPSA) is 159 Å². The van der Waals surface area contributed by atoms with Gasteiger partial charge in [-0.3, -0.25) is 9.79 Å². The molecule has 0 bridgehead atoms. The van der Waals surface area contributed by atoms with Gasteiger partial charge in [-0.15, -0.1) is 0 Å². The lowest BCUT2D eigenvalue weighted by atomic mass is 9.89. The van der Waals surface area contributed by atoms with Crippen molar-refractivity contribution in [3.63, 3.8) is 0 Å². The number of halogens is 1. The van der Waals surface area contributed by atoms with Gasteiger partial charge in [0.25, 0.3) is 0 Å². The van der Waals surface area contributed by atoms with E-state index in [0.29, 0.717) is 44.8 Å². The van der Waals surface area contributed by atoms with Crippen molar-refractivity contribution in [2.45, 2.75) is 37.8 Å². The second kappa shape index (κ2) is 12.4. The Kier molecular flexibility index (Phi) is 9.34. The first kappa shape index (κ1) is 25.6. The summed E-state index contributed by atoms with van der Waals surface area (Å²) in [7, 11) is 0. The second-order valence-corrected chi connectivity index (χ2v) is 8.51. The highest BCUT2D eigenvalue weighted by molar-refractivity contribution is 6.14. The fourth-order valence-corrected chi connectivity index (χ4v) is 4.08. The fraction of sp³-hybridized carbons (Fsp3) is 0.565. The molecule has 11 heteroatoms. The number of nitrogens with two attached hydrogens (primary N) is 3. The summed E-state index contributed by atoms with van der Waals surface area (Å²) in [5.41, 5.74) is 17.8. The standard InChI is InChI=1S/C23H33FN6O4/c24-16-1-3-17(4-2-16)29-21(26)19(22(27)31)14-28-20(13-25)15-5-9-30(10-6-15)23(32)34-18-7-11-33-12-8-18/h1-4,14-15,18-20H,5-13,25H2,(H2,26,29)(H2,27,31). The number of carbonyl (C=O) groups excluding carboxylic acids is 2. The SMILES string of the molecule is NCC(N=CC(C(N)=O)C(N)=Nc1ccc(F)cc1)C1CCN(C(=O)OC2CCOCC2)CC1. The molecule has 186 valence electrons. The van der Waals surface area contributed by atoms with Gasteiger partial charge in [-0.1, -0.05) is 0 Å². The van der Waals surface area contributed by atoms with Gasteiger partial charge in [0.2, 0.25) is 5.91 Å². The van der Waals surface area contributed by atoms with Gasteiger partial charge in [-0.2, -0.15) is 0 Å². The molecule has 2 fully saturated rings. The van der Waals surface area contributed by atoms with Crippen LogP contribution in [-0.2, 0) is 14.3 Å². The number of nitrogens with zero attached hydrogens (tertiary/aromatic N) is 3. The quantitative estimate of drug-likeness (QED) is 0.379. The van der Waals surface area contributed by atoms with Gasteiger partial charge in [0.15, 0.2) is 0 Å². The van der Waals surface area contributed by atoms with Crippen molar-refractivity contribution in [3.05, 3.63) is 30.1 Å². The monoisotopic (exact) mass is 476 g/mol. The minimum Gasteiger partial charge on any atom is -0.446 e. The van der Waals surface area contributed by atoms with E-state index < -0.39 is 17.6 Å². The zero-order valence-electron chi connectivity index (χ0n) is 19.1. The summed E-state index contributed by atoms with van der Waals surface area (Å²) >= 11 is 0. The number of amides is 2. The van der Waals surface area contributed by atoms with Crippen molar-refractivity contribution in [1.82, 2.24) is 4.90 Å². The van der Waals surface area contributed by atoms with Gasteiger partial charge in [-0.25, -0.2) is 14.2 Å². The summed E-state index contributed by atoms with van der Waals surface area (Å²) in [6, 6.07) is 5.13. The third-order valence-corrected chi connectivity index (χ3v) is 6.16. The lowest BCUT2D eigenvalue weighted by Crippen LogP contribution is -2.44. The number of aliphatic imine (C=N–C) groups is 2. The minimum absolute atomic E-state index is 0.0377. The minimum atomic E-state index is -1.02. The summed E-state index contributed by atoms with van der Waals surface area (Å²) in [6.45, 7) is 2.59. The number of likely N-dealkylation sites (tertiary alicyclic amines) is 1. The lowest BCUT2D eigenvalue weighted by Gasteiger charge is -2.35. The maximum absolute atomic E-state index is 13.1. The van der Waals surface area contributed by atoms with Gasteiger partial charge in [0.1, 0.15) is 23.7 Å². The van der Waals surface area contributed by atoms with Gasteiger partial charge >= 0.3 is 6.09 Å². The Bertz CT molecular complexity index is 880. The molecular weight excluding hydrogens is 443 g/mol. The molecule has 0 spiro atoms. The van der Waals surface area contributed by atoms with Crippen molar-refractivity contribution in [2.75, 3.05) is 32.8 Å². The first-order valence-electron chi connectivity index (χ1n) is 11.5. The predicted octanol–water partition coefficient (Wildman–Crippen LogP) is 1.34. The molecule has 0 radical (unpaired) electrons. The average molecular weight is 477 g/mol. The number of hydrogen-bond donors (Lipinski definition) is 3. The van der Waals surface area contributed by atoms with Crippen LogP contribution in [0, 0.1) is 17.7 Å². The van der Waals surface area contributed by atoms with E-state index in [1.54, 1.807) is 4.90 Å². The third-order valence-electron chi connectivity index (χ3n) is 6.16. The summed E-state index contributed by atoms with van der Waals surface area (Å²) in [5.74, 6) is -2.03. The van der Waals surface area contributed by atoms with E-state index in [9.17, 15) is 14.0 Å². The number of benzene rings is 1. The zero-order chi connectivity index (χ0) is 24.5. The molecule has 2 aliphatic rings. The molecule has 2 unspecified atom stereocenters. The second-order valence-electron chi connectivity index (χ2n) is 8.51. The summed E-state index contributed by atoms with van der Waals surface area (Å²) in [4.78, 5) is 34.8. The summed E-state index contributed by atoms with van der Waals surface area (Å²) in [6.07, 6.45) is 3.87. The Morgan fingerprint density at radius 2 is 1.79 bits per heavy atom. The number of primary amides is 1. The van der Waals surface area contributed by atoms with Crippen LogP contribution in [0.5, 0.6) is 0 Å². The first-order valence-corrected chi connectivity index (χ1v) is 11.5. The smallest absolute Gasteiger partial charge is 0.410 e. The van der Waals surface area contributed by atoms with Crippen molar-refractivity contribution >= 4 is 29.7 Å². The highest BCUT2D eigenvalue weighted by Gasteiger charge is 2.30. The number of piperidine rings is 1. The highest BCUT2D eigenvalue weighted by atomic mass is 19.1. The molecule has 34 heavy (non-hydrogen) atoms. The summed E-state index contributed by atoms with van der Waals surface area (Å²) < 4.78 is 24.0. The van der Waals surface area contributed by atoms with Crippen LogP contribution >= 0.6 is 0 Å². The largest absolute Gasteiger partial charge is 0.446 e. The van der Waals surface area contributed by atoms with Crippen LogP contribution in [0.1, 0.15) is 25.7 Å². The molecule has 0 saturated carbocycles. The van der Waals surface area contributed by atoms with E-state index in [0.717, 1.165) is 12.8 Å². The Labute approximate surface area is 198 Å². The van der Waals surface area contributed by atoms with E-state index in [1.807, 2.05) is 0 Å². The van der Waals surface area contributed by atoms with Crippen molar-refractivity contribution in [3.8, 4) is 0 Å². The van der Waals surface area contributed by atoms with Crippen molar-refractivity contribution in [1.29, 1.82) is 0 Å². The molecule has 1 aromatic carbocycles. The summed E-state index contributed by atoms with van der Waals surface area (Å²) in [5, 5.41) is 0. The Morgan fingerprint density at radius 1 is 1.15 bits per heavy atom. The van der Waals surface area contributed by atoms with E-state index in [1.165, 1.54) is 30.5 Å². The number of ether oxygens (including phenoxy) is 2. The molecule has 2 atom stereocenters. The number of carbonyl (C=O) groups is 2. The van der Waals surface area contributed by atoms with Crippen LogP contribution < -0.4 is 17.2 Å². The zero-order valence-corrected chi connectivity index (χ0v) is 19.1. The molecule has 10 nitrogen and oxygen atoms in total. The maximum atomic E-state index is 13.1.